The molecule has 0 spiro atoms. The average Bonchev–Trinajstić information content (AvgIpc) is 3.56. The number of para-hydroxylation sites is 2. The van der Waals surface area contributed by atoms with E-state index in [4.69, 9.17) is 4.74 Å². The third kappa shape index (κ3) is 5.34. The van der Waals surface area contributed by atoms with Gasteiger partial charge in [0.2, 0.25) is 0 Å². The highest BCUT2D eigenvalue weighted by molar-refractivity contribution is 8.03. The summed E-state index contributed by atoms with van der Waals surface area (Å²) < 4.78 is 7.23. The standard InChI is InChI=1S/C28H19N5O2S3/c1-35-18-8-6-7-17(13-18)31-26(20(15-30)28-33-22-10-3-5-12-25(22)38-28)36-16-23(34)19(14-29)27-32-21-9-2-4-11-24(21)37-27/h2-13,31,34H,16H2,1H3/b23-19?,26-20-. The lowest BCUT2D eigenvalue weighted by Gasteiger charge is -2.13. The first-order chi connectivity index (χ1) is 18.6. The van der Waals surface area contributed by atoms with Crippen LogP contribution in [0.4, 0.5) is 5.69 Å². The lowest BCUT2D eigenvalue weighted by Crippen LogP contribution is -2.03. The first-order valence-corrected chi connectivity index (χ1v) is 13.9. The Bertz CT molecular complexity index is 1720. The van der Waals surface area contributed by atoms with E-state index in [0.29, 0.717) is 32.1 Å². The number of aliphatic hydroxyl groups excluding tert-OH is 1. The van der Waals surface area contributed by atoms with Crippen LogP contribution < -0.4 is 10.1 Å². The number of thiazole rings is 2. The Labute approximate surface area is 231 Å². The fraction of sp³-hybridized carbons (Fsp3) is 0.0714. The normalized spacial score (nSPS) is 12.4. The molecule has 0 saturated carbocycles. The average molecular weight is 554 g/mol. The second kappa shape index (κ2) is 11.4. The predicted octanol–water partition coefficient (Wildman–Crippen LogP) is 7.44. The summed E-state index contributed by atoms with van der Waals surface area (Å²) in [6.45, 7) is 0. The Hall–Kier alpha value is -4.35. The lowest BCUT2D eigenvalue weighted by molar-refractivity contribution is 0.415. The van der Waals surface area contributed by atoms with Gasteiger partial charge < -0.3 is 15.2 Å². The van der Waals surface area contributed by atoms with E-state index in [-0.39, 0.29) is 17.1 Å². The van der Waals surface area contributed by atoms with E-state index in [1.165, 1.54) is 34.4 Å². The van der Waals surface area contributed by atoms with Gasteiger partial charge in [-0.15, -0.1) is 22.7 Å². The Kier molecular flexibility index (Phi) is 7.57. The molecule has 0 fully saturated rings. The van der Waals surface area contributed by atoms with Crippen LogP contribution in [0.3, 0.4) is 0 Å². The van der Waals surface area contributed by atoms with Gasteiger partial charge in [0.15, 0.2) is 0 Å². The number of anilines is 1. The number of nitriles is 2. The number of aliphatic hydroxyl groups is 1. The molecular weight excluding hydrogens is 535 g/mol. The van der Waals surface area contributed by atoms with Crippen LogP contribution >= 0.6 is 34.4 Å². The van der Waals surface area contributed by atoms with E-state index >= 15 is 0 Å². The number of allylic oxidation sites excluding steroid dienone is 2. The minimum absolute atomic E-state index is 0.0429. The number of hydrogen-bond donors (Lipinski definition) is 2. The maximum Gasteiger partial charge on any atom is 0.138 e. The van der Waals surface area contributed by atoms with Gasteiger partial charge in [0, 0.05) is 11.8 Å². The van der Waals surface area contributed by atoms with Gasteiger partial charge in [0.25, 0.3) is 0 Å². The van der Waals surface area contributed by atoms with E-state index in [9.17, 15) is 15.6 Å². The smallest absolute Gasteiger partial charge is 0.138 e. The van der Waals surface area contributed by atoms with E-state index < -0.39 is 0 Å². The van der Waals surface area contributed by atoms with Crippen LogP contribution in [0.5, 0.6) is 5.75 Å². The molecule has 5 rings (SSSR count). The summed E-state index contributed by atoms with van der Waals surface area (Å²) in [4.78, 5) is 9.16. The monoisotopic (exact) mass is 553 g/mol. The SMILES string of the molecule is COc1cccc(N/C(SCC(O)=C(C#N)c2nc3ccccc3s2)=C(\C#N)c2nc3ccccc3s2)c1. The highest BCUT2D eigenvalue weighted by Crippen LogP contribution is 2.35. The third-order valence-electron chi connectivity index (χ3n) is 5.44. The van der Waals surface area contributed by atoms with Crippen molar-refractivity contribution in [2.45, 2.75) is 0 Å². The maximum atomic E-state index is 11.0. The molecule has 0 radical (unpaired) electrons. The molecule has 186 valence electrons. The molecule has 2 heterocycles. The third-order valence-corrected chi connectivity index (χ3v) is 8.56. The summed E-state index contributed by atoms with van der Waals surface area (Å²) >= 11 is 3.97. The van der Waals surface area contributed by atoms with Crippen molar-refractivity contribution >= 4 is 71.7 Å². The number of fused-ring (bicyclic) bond motifs is 2. The Morgan fingerprint density at radius 1 is 0.895 bits per heavy atom. The predicted molar refractivity (Wildman–Crippen MR) is 156 cm³/mol. The summed E-state index contributed by atoms with van der Waals surface area (Å²) in [7, 11) is 1.58. The van der Waals surface area contributed by atoms with E-state index in [0.717, 1.165) is 20.4 Å². The molecule has 5 aromatic rings. The van der Waals surface area contributed by atoms with Crippen LogP contribution in [0.1, 0.15) is 10.0 Å². The van der Waals surface area contributed by atoms with Crippen LogP contribution in [-0.2, 0) is 0 Å². The number of benzene rings is 3. The van der Waals surface area contributed by atoms with Crippen LogP contribution in [-0.4, -0.2) is 27.9 Å². The number of rotatable bonds is 8. The summed E-state index contributed by atoms with van der Waals surface area (Å²) in [6.07, 6.45) is 0. The second-order valence-electron chi connectivity index (χ2n) is 7.87. The van der Waals surface area contributed by atoms with Crippen molar-refractivity contribution < 1.29 is 9.84 Å². The molecule has 2 N–H and O–H groups in total. The van der Waals surface area contributed by atoms with Crippen molar-refractivity contribution in [2.75, 3.05) is 18.2 Å². The van der Waals surface area contributed by atoms with Crippen LogP contribution in [0.2, 0.25) is 0 Å². The molecule has 0 aliphatic heterocycles. The second-order valence-corrected chi connectivity index (χ2v) is 10.9. The number of nitrogens with one attached hydrogen (secondary N) is 1. The first-order valence-electron chi connectivity index (χ1n) is 11.3. The minimum atomic E-state index is -0.122. The summed E-state index contributed by atoms with van der Waals surface area (Å²) in [5.74, 6) is 0.576. The van der Waals surface area contributed by atoms with Gasteiger partial charge in [0.1, 0.15) is 44.8 Å². The molecule has 0 saturated heterocycles. The number of methoxy groups -OCH3 is 1. The maximum absolute atomic E-state index is 11.0. The Balaban J connectivity index is 1.53. The van der Waals surface area contributed by atoms with Gasteiger partial charge >= 0.3 is 0 Å². The molecule has 0 bridgehead atoms. The Morgan fingerprint density at radius 3 is 2.08 bits per heavy atom. The molecule has 38 heavy (non-hydrogen) atoms. The van der Waals surface area contributed by atoms with Crippen LogP contribution in [0, 0.1) is 22.7 Å². The summed E-state index contributed by atoms with van der Waals surface area (Å²) in [5, 5.41) is 35.8. The molecule has 0 amide bonds. The molecule has 0 aliphatic rings. The number of thioether (sulfide) groups is 1. The molecule has 3 aromatic carbocycles. The highest BCUT2D eigenvalue weighted by atomic mass is 32.2. The largest absolute Gasteiger partial charge is 0.510 e. The molecule has 0 aliphatic carbocycles. The van der Waals surface area contributed by atoms with E-state index in [1.54, 1.807) is 7.11 Å². The number of nitrogens with zero attached hydrogens (tertiary/aromatic N) is 4. The molecule has 0 atom stereocenters. The highest BCUT2D eigenvalue weighted by Gasteiger charge is 2.19. The number of aromatic nitrogens is 2. The van der Waals surface area contributed by atoms with Gasteiger partial charge in [-0.2, -0.15) is 10.5 Å². The van der Waals surface area contributed by atoms with Crippen molar-refractivity contribution in [3.05, 3.63) is 93.6 Å². The molecule has 7 nitrogen and oxygen atoms in total. The van der Waals surface area contributed by atoms with Gasteiger partial charge in [-0.25, -0.2) is 9.97 Å². The summed E-state index contributed by atoms with van der Waals surface area (Å²) in [6, 6.07) is 27.0. The summed E-state index contributed by atoms with van der Waals surface area (Å²) in [5.41, 5.74) is 2.72. The van der Waals surface area contributed by atoms with E-state index in [1.807, 2.05) is 72.8 Å². The zero-order valence-electron chi connectivity index (χ0n) is 20.0. The fourth-order valence-electron chi connectivity index (χ4n) is 3.61. The van der Waals surface area contributed by atoms with Crippen LogP contribution in [0.15, 0.2) is 83.6 Å². The van der Waals surface area contributed by atoms with Crippen molar-refractivity contribution in [1.29, 1.82) is 10.5 Å². The number of hydrogen-bond acceptors (Lipinski definition) is 10. The molecular formula is C28H19N5O2S3. The van der Waals surface area contributed by atoms with Gasteiger partial charge in [-0.1, -0.05) is 42.1 Å². The van der Waals surface area contributed by atoms with Crippen molar-refractivity contribution in [3.8, 4) is 17.9 Å². The van der Waals surface area contributed by atoms with Gasteiger partial charge in [-0.05, 0) is 36.4 Å². The lowest BCUT2D eigenvalue weighted by atomic mass is 10.2. The van der Waals surface area contributed by atoms with Gasteiger partial charge in [0.05, 0.1) is 38.3 Å². The topological polar surface area (TPSA) is 115 Å². The molecule has 0 unspecified atom stereocenters. The molecule has 10 heteroatoms. The molecule has 2 aromatic heterocycles. The van der Waals surface area contributed by atoms with Crippen LogP contribution in [0.25, 0.3) is 31.6 Å². The number of ether oxygens (including phenoxy) is 1. The zero-order valence-corrected chi connectivity index (χ0v) is 22.5. The first kappa shape index (κ1) is 25.3. The zero-order chi connectivity index (χ0) is 26.5. The minimum Gasteiger partial charge on any atom is -0.510 e. The van der Waals surface area contributed by atoms with Crippen molar-refractivity contribution in [3.63, 3.8) is 0 Å². The van der Waals surface area contributed by atoms with Crippen molar-refractivity contribution in [1.82, 2.24) is 9.97 Å². The fourth-order valence-corrected chi connectivity index (χ4v) is 6.52. The Morgan fingerprint density at radius 2 is 1.50 bits per heavy atom. The van der Waals surface area contributed by atoms with Crippen molar-refractivity contribution in [2.24, 2.45) is 0 Å². The quantitative estimate of drug-likeness (QED) is 0.150. The van der Waals surface area contributed by atoms with Gasteiger partial charge in [-0.3, -0.25) is 0 Å². The van der Waals surface area contributed by atoms with E-state index in [2.05, 4.69) is 27.4 Å².